The fraction of sp³-hybridized carbons (Fsp3) is 0.769. The first-order chi connectivity index (χ1) is 8.92. The van der Waals surface area contributed by atoms with Gasteiger partial charge in [-0.15, -0.1) is 10.2 Å². The summed E-state index contributed by atoms with van der Waals surface area (Å²) in [6, 6.07) is -0.301. The average Bonchev–Trinajstić information content (AvgIpc) is 2.74. The van der Waals surface area contributed by atoms with Crippen molar-refractivity contribution in [2.75, 3.05) is 0 Å². The summed E-state index contributed by atoms with van der Waals surface area (Å²) in [6.45, 7) is 9.91. The Morgan fingerprint density at radius 3 is 2.42 bits per heavy atom. The van der Waals surface area contributed by atoms with Gasteiger partial charge in [-0.3, -0.25) is 0 Å². The number of aromatic nitrogens is 2. The van der Waals surface area contributed by atoms with E-state index in [4.69, 9.17) is 4.42 Å². The second-order valence-electron chi connectivity index (χ2n) is 5.27. The molecule has 1 aromatic rings. The van der Waals surface area contributed by atoms with E-state index in [1.54, 1.807) is 6.92 Å². The van der Waals surface area contributed by atoms with Crippen LogP contribution in [-0.4, -0.2) is 22.3 Å². The number of carbonyl (C=O) groups excluding carboxylic acids is 1. The van der Waals surface area contributed by atoms with Gasteiger partial charge in [-0.05, 0) is 25.7 Å². The second-order valence-corrected chi connectivity index (χ2v) is 5.27. The van der Waals surface area contributed by atoms with Gasteiger partial charge in [0, 0.05) is 13.0 Å². The molecule has 0 aliphatic carbocycles. The van der Waals surface area contributed by atoms with Crippen LogP contribution in [0.2, 0.25) is 0 Å². The van der Waals surface area contributed by atoms with Crippen LogP contribution in [-0.2, 0) is 0 Å². The van der Waals surface area contributed by atoms with Crippen LogP contribution < -0.4 is 10.6 Å². The van der Waals surface area contributed by atoms with Crippen LogP contribution in [0.3, 0.4) is 0 Å². The summed E-state index contributed by atoms with van der Waals surface area (Å²) in [6.07, 6.45) is 1.65. The Hall–Kier alpha value is -1.59. The van der Waals surface area contributed by atoms with Crippen molar-refractivity contribution >= 4 is 6.03 Å². The van der Waals surface area contributed by atoms with E-state index < -0.39 is 0 Å². The van der Waals surface area contributed by atoms with Gasteiger partial charge in [0.15, 0.2) is 0 Å². The van der Waals surface area contributed by atoms with Gasteiger partial charge >= 0.3 is 6.03 Å². The molecular weight excluding hydrogens is 244 g/mol. The minimum Gasteiger partial charge on any atom is -0.423 e. The van der Waals surface area contributed by atoms with Crippen LogP contribution >= 0.6 is 0 Å². The number of nitrogens with one attached hydrogen (secondary N) is 2. The third-order valence-electron chi connectivity index (χ3n) is 2.84. The highest BCUT2D eigenvalue weighted by Gasteiger charge is 2.21. The molecule has 108 valence electrons. The molecule has 1 heterocycles. The zero-order valence-corrected chi connectivity index (χ0v) is 12.4. The number of amides is 2. The van der Waals surface area contributed by atoms with E-state index in [1.165, 1.54) is 0 Å². The number of nitrogens with zero attached hydrogens (tertiary/aromatic N) is 2. The van der Waals surface area contributed by atoms with Gasteiger partial charge in [-0.25, -0.2) is 4.79 Å². The molecule has 2 N–H and O–H groups in total. The largest absolute Gasteiger partial charge is 0.423 e. The number of rotatable bonds is 6. The fourth-order valence-electron chi connectivity index (χ4n) is 1.67. The van der Waals surface area contributed by atoms with Gasteiger partial charge < -0.3 is 15.1 Å². The molecule has 0 aliphatic rings. The van der Waals surface area contributed by atoms with Crippen LogP contribution in [0.5, 0.6) is 0 Å². The third kappa shape index (κ3) is 5.28. The SMILES string of the molecule is CCC(C)NC(=O)NC(CC(C)C)c1nnc(C)o1. The maximum atomic E-state index is 11.9. The molecule has 6 nitrogen and oxygen atoms in total. The number of hydrogen-bond acceptors (Lipinski definition) is 4. The molecule has 6 heteroatoms. The summed E-state index contributed by atoms with van der Waals surface area (Å²) in [5.74, 6) is 1.39. The average molecular weight is 268 g/mol. The van der Waals surface area contributed by atoms with E-state index in [2.05, 4.69) is 34.7 Å². The summed E-state index contributed by atoms with van der Waals surface area (Å²) in [5.41, 5.74) is 0. The van der Waals surface area contributed by atoms with Gasteiger partial charge in [-0.1, -0.05) is 20.8 Å². The molecule has 0 aromatic carbocycles. The molecule has 1 rings (SSSR count). The minimum absolute atomic E-state index is 0.143. The highest BCUT2D eigenvalue weighted by molar-refractivity contribution is 5.74. The zero-order valence-electron chi connectivity index (χ0n) is 12.4. The molecular formula is C13H24N4O2. The standard InChI is InChI=1S/C13H24N4O2/c1-6-9(4)14-13(18)15-11(7-8(2)3)12-17-16-10(5)19-12/h8-9,11H,6-7H2,1-5H3,(H2,14,15,18). The predicted molar refractivity (Wildman–Crippen MR) is 72.7 cm³/mol. The lowest BCUT2D eigenvalue weighted by atomic mass is 10.0. The van der Waals surface area contributed by atoms with Crippen LogP contribution in [0.25, 0.3) is 0 Å². The lowest BCUT2D eigenvalue weighted by molar-refractivity contribution is 0.227. The Balaban J connectivity index is 2.67. The quantitative estimate of drug-likeness (QED) is 0.831. The Morgan fingerprint density at radius 1 is 1.26 bits per heavy atom. The Labute approximate surface area is 114 Å². The molecule has 2 amide bonds. The van der Waals surface area contributed by atoms with Crippen molar-refractivity contribution < 1.29 is 9.21 Å². The molecule has 0 bridgehead atoms. The topological polar surface area (TPSA) is 80.0 Å². The molecule has 0 saturated heterocycles. The van der Waals surface area contributed by atoms with Gasteiger partial charge in [0.2, 0.25) is 11.8 Å². The fourth-order valence-corrected chi connectivity index (χ4v) is 1.67. The zero-order chi connectivity index (χ0) is 14.4. The highest BCUT2D eigenvalue weighted by Crippen LogP contribution is 2.19. The van der Waals surface area contributed by atoms with E-state index >= 15 is 0 Å². The minimum atomic E-state index is -0.245. The van der Waals surface area contributed by atoms with Crippen molar-refractivity contribution in [3.63, 3.8) is 0 Å². The van der Waals surface area contributed by atoms with Crippen molar-refractivity contribution in [1.82, 2.24) is 20.8 Å². The molecule has 2 atom stereocenters. The lowest BCUT2D eigenvalue weighted by Crippen LogP contribution is -2.42. The lowest BCUT2D eigenvalue weighted by Gasteiger charge is -2.19. The van der Waals surface area contributed by atoms with Gasteiger partial charge in [0.1, 0.15) is 6.04 Å². The van der Waals surface area contributed by atoms with Crippen LogP contribution in [0.15, 0.2) is 4.42 Å². The summed E-state index contributed by atoms with van der Waals surface area (Å²) < 4.78 is 5.41. The van der Waals surface area contributed by atoms with Gasteiger partial charge in [-0.2, -0.15) is 0 Å². The van der Waals surface area contributed by atoms with E-state index in [0.717, 1.165) is 12.8 Å². The number of aryl methyl sites for hydroxylation is 1. The first kappa shape index (κ1) is 15.5. The van der Waals surface area contributed by atoms with Gasteiger partial charge in [0.25, 0.3) is 0 Å². The van der Waals surface area contributed by atoms with Crippen molar-refractivity contribution in [1.29, 1.82) is 0 Å². The molecule has 19 heavy (non-hydrogen) atoms. The van der Waals surface area contributed by atoms with Crippen LogP contribution in [0.1, 0.15) is 58.4 Å². The van der Waals surface area contributed by atoms with Crippen LogP contribution in [0.4, 0.5) is 4.79 Å². The van der Waals surface area contributed by atoms with Crippen molar-refractivity contribution in [3.05, 3.63) is 11.8 Å². The van der Waals surface area contributed by atoms with Gasteiger partial charge in [0.05, 0.1) is 0 Å². The molecule has 0 aliphatic heterocycles. The highest BCUT2D eigenvalue weighted by atomic mass is 16.4. The summed E-state index contributed by atoms with van der Waals surface area (Å²) in [5, 5.41) is 13.6. The Bertz CT molecular complexity index is 403. The second kappa shape index (κ2) is 7.11. The monoisotopic (exact) mass is 268 g/mol. The molecule has 1 aromatic heterocycles. The maximum absolute atomic E-state index is 11.9. The third-order valence-corrected chi connectivity index (χ3v) is 2.84. The maximum Gasteiger partial charge on any atom is 0.315 e. The first-order valence-electron chi connectivity index (χ1n) is 6.79. The normalized spacial score (nSPS) is 14.2. The summed E-state index contributed by atoms with van der Waals surface area (Å²) in [7, 11) is 0. The first-order valence-corrected chi connectivity index (χ1v) is 6.79. The van der Waals surface area contributed by atoms with Crippen molar-refractivity contribution in [2.45, 2.75) is 59.5 Å². The van der Waals surface area contributed by atoms with E-state index in [0.29, 0.717) is 17.7 Å². The van der Waals surface area contributed by atoms with Crippen molar-refractivity contribution in [3.8, 4) is 0 Å². The molecule has 0 fully saturated rings. The molecule has 0 saturated carbocycles. The Morgan fingerprint density at radius 2 is 1.95 bits per heavy atom. The van der Waals surface area contributed by atoms with E-state index in [1.807, 2.05) is 13.8 Å². The Kier molecular flexibility index (Phi) is 5.79. The number of hydrogen-bond donors (Lipinski definition) is 2. The molecule has 2 unspecified atom stereocenters. The van der Waals surface area contributed by atoms with E-state index in [9.17, 15) is 4.79 Å². The number of urea groups is 1. The smallest absolute Gasteiger partial charge is 0.315 e. The number of carbonyl (C=O) groups is 1. The van der Waals surface area contributed by atoms with Crippen molar-refractivity contribution in [2.24, 2.45) is 5.92 Å². The molecule has 0 radical (unpaired) electrons. The van der Waals surface area contributed by atoms with Crippen LogP contribution in [0, 0.1) is 12.8 Å². The summed E-state index contributed by atoms with van der Waals surface area (Å²) in [4.78, 5) is 11.9. The molecule has 0 spiro atoms. The summed E-state index contributed by atoms with van der Waals surface area (Å²) >= 11 is 0. The van der Waals surface area contributed by atoms with E-state index in [-0.39, 0.29) is 18.1 Å². The predicted octanol–water partition coefficient (Wildman–Crippen LogP) is 2.56.